The number of hydrogen-bond donors (Lipinski definition) is 0. The molecular formula is C14H28N2O. The van der Waals surface area contributed by atoms with Crippen LogP contribution in [0.3, 0.4) is 0 Å². The molecule has 1 heterocycles. The molecule has 0 atom stereocenters. The summed E-state index contributed by atoms with van der Waals surface area (Å²) in [6.45, 7) is 13.6. The van der Waals surface area contributed by atoms with Gasteiger partial charge in [-0.05, 0) is 25.9 Å². The Hall–Kier alpha value is -0.120. The van der Waals surface area contributed by atoms with Gasteiger partial charge in [-0.15, -0.1) is 0 Å². The van der Waals surface area contributed by atoms with Gasteiger partial charge in [-0.3, -0.25) is 4.90 Å². The molecule has 0 radical (unpaired) electrons. The standard InChI is InChI=1S/C14H28N2O/c1-3-15(4-2)8-9-16-10-11-17-13-14(12-16)6-5-7-14/h3-13H2,1-2H3. The highest BCUT2D eigenvalue weighted by Crippen LogP contribution is 2.42. The van der Waals surface area contributed by atoms with E-state index in [2.05, 4.69) is 23.6 Å². The second kappa shape index (κ2) is 6.17. The van der Waals surface area contributed by atoms with E-state index in [0.717, 1.165) is 19.8 Å². The smallest absolute Gasteiger partial charge is 0.0593 e. The summed E-state index contributed by atoms with van der Waals surface area (Å²) in [5.74, 6) is 0. The van der Waals surface area contributed by atoms with E-state index in [1.165, 1.54) is 52.0 Å². The van der Waals surface area contributed by atoms with Crippen LogP contribution in [0.25, 0.3) is 0 Å². The molecule has 0 unspecified atom stereocenters. The number of nitrogens with zero attached hydrogens (tertiary/aromatic N) is 2. The third kappa shape index (κ3) is 3.43. The van der Waals surface area contributed by atoms with Crippen LogP contribution in [-0.2, 0) is 4.74 Å². The zero-order valence-electron chi connectivity index (χ0n) is 11.6. The van der Waals surface area contributed by atoms with Gasteiger partial charge in [-0.1, -0.05) is 20.3 Å². The van der Waals surface area contributed by atoms with Gasteiger partial charge < -0.3 is 9.64 Å². The van der Waals surface area contributed by atoms with Crippen LogP contribution in [-0.4, -0.2) is 62.3 Å². The molecule has 0 amide bonds. The van der Waals surface area contributed by atoms with E-state index in [0.29, 0.717) is 5.41 Å². The molecule has 0 bridgehead atoms. The van der Waals surface area contributed by atoms with Gasteiger partial charge >= 0.3 is 0 Å². The van der Waals surface area contributed by atoms with E-state index in [-0.39, 0.29) is 0 Å². The lowest BCUT2D eigenvalue weighted by molar-refractivity contribution is 0.00961. The van der Waals surface area contributed by atoms with Crippen molar-refractivity contribution in [1.82, 2.24) is 9.80 Å². The van der Waals surface area contributed by atoms with Crippen LogP contribution in [0.4, 0.5) is 0 Å². The summed E-state index contributed by atoms with van der Waals surface area (Å²) in [4.78, 5) is 5.14. The van der Waals surface area contributed by atoms with Crippen molar-refractivity contribution in [1.29, 1.82) is 0 Å². The Morgan fingerprint density at radius 1 is 1.24 bits per heavy atom. The third-order valence-corrected chi connectivity index (χ3v) is 4.56. The largest absolute Gasteiger partial charge is 0.379 e. The summed E-state index contributed by atoms with van der Waals surface area (Å²) in [5, 5.41) is 0. The second-order valence-electron chi connectivity index (χ2n) is 5.71. The van der Waals surface area contributed by atoms with Gasteiger partial charge in [-0.2, -0.15) is 0 Å². The molecular weight excluding hydrogens is 212 g/mol. The van der Waals surface area contributed by atoms with Crippen molar-refractivity contribution in [3.05, 3.63) is 0 Å². The first-order chi connectivity index (χ1) is 8.28. The maximum absolute atomic E-state index is 5.79. The van der Waals surface area contributed by atoms with E-state index in [4.69, 9.17) is 4.74 Å². The normalized spacial score (nSPS) is 24.9. The molecule has 1 aliphatic heterocycles. The fourth-order valence-corrected chi connectivity index (χ4v) is 3.07. The molecule has 0 aromatic heterocycles. The highest BCUT2D eigenvalue weighted by molar-refractivity contribution is 4.91. The Labute approximate surface area is 106 Å². The first-order valence-electron chi connectivity index (χ1n) is 7.30. The average Bonchev–Trinajstić information content (AvgIpc) is 2.52. The van der Waals surface area contributed by atoms with Gasteiger partial charge in [0.05, 0.1) is 13.2 Å². The van der Waals surface area contributed by atoms with Crippen molar-refractivity contribution in [2.24, 2.45) is 5.41 Å². The number of hydrogen-bond acceptors (Lipinski definition) is 3. The van der Waals surface area contributed by atoms with E-state index >= 15 is 0 Å². The summed E-state index contributed by atoms with van der Waals surface area (Å²) in [6, 6.07) is 0. The third-order valence-electron chi connectivity index (χ3n) is 4.56. The molecule has 3 nitrogen and oxygen atoms in total. The van der Waals surface area contributed by atoms with Crippen LogP contribution in [0.15, 0.2) is 0 Å². The lowest BCUT2D eigenvalue weighted by Crippen LogP contribution is -2.45. The van der Waals surface area contributed by atoms with Gasteiger partial charge in [0.2, 0.25) is 0 Å². The number of likely N-dealkylation sites (N-methyl/N-ethyl adjacent to an activating group) is 1. The van der Waals surface area contributed by atoms with Crippen molar-refractivity contribution in [2.75, 3.05) is 52.5 Å². The van der Waals surface area contributed by atoms with E-state index < -0.39 is 0 Å². The molecule has 3 heteroatoms. The van der Waals surface area contributed by atoms with Crippen molar-refractivity contribution in [3.8, 4) is 0 Å². The van der Waals surface area contributed by atoms with Crippen molar-refractivity contribution in [3.63, 3.8) is 0 Å². The summed E-state index contributed by atoms with van der Waals surface area (Å²) >= 11 is 0. The Balaban J connectivity index is 1.78. The average molecular weight is 240 g/mol. The minimum atomic E-state index is 0.528. The van der Waals surface area contributed by atoms with Crippen LogP contribution in [0.2, 0.25) is 0 Å². The Bertz CT molecular complexity index is 224. The van der Waals surface area contributed by atoms with Crippen LogP contribution in [0, 0.1) is 5.41 Å². The van der Waals surface area contributed by atoms with Gasteiger partial charge in [0, 0.05) is 31.6 Å². The predicted octanol–water partition coefficient (Wildman–Crippen LogP) is 1.83. The van der Waals surface area contributed by atoms with E-state index in [9.17, 15) is 0 Å². The number of ether oxygens (including phenoxy) is 1. The van der Waals surface area contributed by atoms with Gasteiger partial charge in [0.25, 0.3) is 0 Å². The molecule has 1 saturated carbocycles. The molecule has 1 aliphatic carbocycles. The highest BCUT2D eigenvalue weighted by atomic mass is 16.5. The Morgan fingerprint density at radius 3 is 2.59 bits per heavy atom. The lowest BCUT2D eigenvalue weighted by Gasteiger charge is -2.43. The van der Waals surface area contributed by atoms with Crippen LogP contribution in [0.1, 0.15) is 33.1 Å². The molecule has 2 fully saturated rings. The van der Waals surface area contributed by atoms with Gasteiger partial charge in [0.1, 0.15) is 0 Å². The zero-order chi connectivity index (χ0) is 12.1. The zero-order valence-corrected chi connectivity index (χ0v) is 11.6. The summed E-state index contributed by atoms with van der Waals surface area (Å²) in [5.41, 5.74) is 0.528. The second-order valence-corrected chi connectivity index (χ2v) is 5.71. The Morgan fingerprint density at radius 2 is 2.00 bits per heavy atom. The fraction of sp³-hybridized carbons (Fsp3) is 1.00. The van der Waals surface area contributed by atoms with Crippen LogP contribution >= 0.6 is 0 Å². The van der Waals surface area contributed by atoms with Crippen molar-refractivity contribution >= 4 is 0 Å². The molecule has 0 aromatic carbocycles. The maximum Gasteiger partial charge on any atom is 0.0593 e. The quantitative estimate of drug-likeness (QED) is 0.729. The van der Waals surface area contributed by atoms with E-state index in [1.807, 2.05) is 0 Å². The maximum atomic E-state index is 5.79. The highest BCUT2D eigenvalue weighted by Gasteiger charge is 2.39. The number of rotatable bonds is 5. The molecule has 100 valence electrons. The predicted molar refractivity (Wildman–Crippen MR) is 71.3 cm³/mol. The summed E-state index contributed by atoms with van der Waals surface area (Å²) < 4.78 is 5.79. The minimum absolute atomic E-state index is 0.528. The minimum Gasteiger partial charge on any atom is -0.379 e. The molecule has 1 saturated heterocycles. The van der Waals surface area contributed by atoms with Gasteiger partial charge in [0.15, 0.2) is 0 Å². The monoisotopic (exact) mass is 240 g/mol. The molecule has 17 heavy (non-hydrogen) atoms. The van der Waals surface area contributed by atoms with Crippen molar-refractivity contribution in [2.45, 2.75) is 33.1 Å². The summed E-state index contributed by atoms with van der Waals surface area (Å²) in [7, 11) is 0. The first kappa shape index (κ1) is 13.3. The molecule has 0 N–H and O–H groups in total. The summed E-state index contributed by atoms with van der Waals surface area (Å²) in [6.07, 6.45) is 4.18. The molecule has 1 spiro atoms. The lowest BCUT2D eigenvalue weighted by atomic mass is 9.69. The fourth-order valence-electron chi connectivity index (χ4n) is 3.07. The molecule has 2 aliphatic rings. The Kier molecular flexibility index (Phi) is 4.83. The topological polar surface area (TPSA) is 15.7 Å². The van der Waals surface area contributed by atoms with Crippen LogP contribution < -0.4 is 0 Å². The van der Waals surface area contributed by atoms with Crippen LogP contribution in [0.5, 0.6) is 0 Å². The van der Waals surface area contributed by atoms with E-state index in [1.54, 1.807) is 0 Å². The molecule has 2 rings (SSSR count). The van der Waals surface area contributed by atoms with Gasteiger partial charge in [-0.25, -0.2) is 0 Å². The first-order valence-corrected chi connectivity index (χ1v) is 7.30. The molecule has 0 aromatic rings. The SMILES string of the molecule is CCN(CC)CCN1CCOCC2(CCC2)C1. The van der Waals surface area contributed by atoms with Crippen molar-refractivity contribution < 1.29 is 4.74 Å².